The van der Waals surface area contributed by atoms with E-state index in [0.29, 0.717) is 66.7 Å². The summed E-state index contributed by atoms with van der Waals surface area (Å²) in [6.07, 6.45) is 4.93. The summed E-state index contributed by atoms with van der Waals surface area (Å²) in [6.45, 7) is 4.10. The molecule has 37 heavy (non-hydrogen) atoms. The number of benzene rings is 1. The summed E-state index contributed by atoms with van der Waals surface area (Å²) in [5.41, 5.74) is 3.14. The van der Waals surface area contributed by atoms with Crippen LogP contribution in [0.2, 0.25) is 0 Å². The average Bonchev–Trinajstić information content (AvgIpc) is 3.26. The number of pyridine rings is 1. The summed E-state index contributed by atoms with van der Waals surface area (Å²) in [4.78, 5) is 21.0. The summed E-state index contributed by atoms with van der Waals surface area (Å²) in [5.74, 6) is -0.138. The van der Waals surface area contributed by atoms with Crippen molar-refractivity contribution in [3.63, 3.8) is 0 Å². The van der Waals surface area contributed by atoms with Gasteiger partial charge < -0.3 is 34.6 Å². The van der Waals surface area contributed by atoms with Crippen LogP contribution in [0.1, 0.15) is 41.7 Å². The Bertz CT molecular complexity index is 1290. The molecule has 0 aliphatic carbocycles. The molecule has 0 unspecified atom stereocenters. The molecule has 0 saturated carbocycles. The number of fused-ring (bicyclic) bond motifs is 1. The first kappa shape index (κ1) is 25.0. The Morgan fingerprint density at radius 1 is 1.30 bits per heavy atom. The number of ether oxygens (including phenoxy) is 4. The number of anilines is 2. The van der Waals surface area contributed by atoms with Crippen molar-refractivity contribution >= 4 is 17.3 Å². The molecule has 9 nitrogen and oxygen atoms in total. The Labute approximate surface area is 214 Å². The molecule has 4 heterocycles. The quantitative estimate of drug-likeness (QED) is 0.371. The van der Waals surface area contributed by atoms with E-state index in [4.69, 9.17) is 18.9 Å². The van der Waals surface area contributed by atoms with E-state index in [1.54, 1.807) is 31.6 Å². The number of halogens is 1. The lowest BCUT2D eigenvalue weighted by Gasteiger charge is -2.38. The van der Waals surface area contributed by atoms with E-state index in [9.17, 15) is 9.18 Å². The van der Waals surface area contributed by atoms with Gasteiger partial charge >= 0.3 is 0 Å². The van der Waals surface area contributed by atoms with Gasteiger partial charge in [-0.3, -0.25) is 9.78 Å². The number of H-pyrrole nitrogens is 1. The van der Waals surface area contributed by atoms with E-state index < -0.39 is 5.82 Å². The molecular weight excluding hydrogens is 479 g/mol. The summed E-state index contributed by atoms with van der Waals surface area (Å²) >= 11 is 0. The van der Waals surface area contributed by atoms with Gasteiger partial charge in [-0.25, -0.2) is 4.39 Å². The average molecular weight is 511 g/mol. The van der Waals surface area contributed by atoms with E-state index in [1.807, 2.05) is 13.0 Å². The molecule has 1 amide bonds. The fourth-order valence-corrected chi connectivity index (χ4v) is 4.75. The number of hydrogen-bond acceptors (Lipinski definition) is 7. The lowest BCUT2D eigenvalue weighted by molar-refractivity contribution is -0.152. The number of aromatic nitrogens is 2. The van der Waals surface area contributed by atoms with Crippen molar-refractivity contribution in [3.8, 4) is 22.8 Å². The van der Waals surface area contributed by atoms with Crippen LogP contribution >= 0.6 is 0 Å². The number of rotatable bonds is 10. The summed E-state index contributed by atoms with van der Waals surface area (Å²) in [5, 5.41) is 6.26. The Hall–Kier alpha value is -3.63. The van der Waals surface area contributed by atoms with Gasteiger partial charge in [0.05, 0.1) is 42.5 Å². The van der Waals surface area contributed by atoms with Crippen molar-refractivity contribution in [2.24, 2.45) is 0 Å². The Morgan fingerprint density at radius 2 is 2.14 bits per heavy atom. The topological polar surface area (TPSA) is 107 Å². The maximum atomic E-state index is 14.5. The maximum absolute atomic E-state index is 14.5. The molecule has 2 aliphatic heterocycles. The second kappa shape index (κ2) is 10.4. The van der Waals surface area contributed by atoms with Gasteiger partial charge in [-0.1, -0.05) is 6.07 Å². The van der Waals surface area contributed by atoms with Crippen LogP contribution in [0.25, 0.3) is 11.3 Å². The minimum absolute atomic E-state index is 0.00449. The molecular formula is C27H31FN4O5. The molecule has 5 rings (SSSR count). The first-order valence-corrected chi connectivity index (χ1v) is 12.3. The zero-order valence-electron chi connectivity index (χ0n) is 21.2. The normalized spacial score (nSPS) is 20.5. The number of aromatic amines is 1. The Morgan fingerprint density at radius 3 is 2.86 bits per heavy atom. The second-order valence-corrected chi connectivity index (χ2v) is 9.51. The van der Waals surface area contributed by atoms with Crippen LogP contribution in [0.15, 0.2) is 36.7 Å². The van der Waals surface area contributed by atoms with E-state index in [0.717, 1.165) is 12.1 Å². The van der Waals surface area contributed by atoms with Crippen LogP contribution in [-0.2, 0) is 9.47 Å². The minimum atomic E-state index is -0.512. The SMILES string of the molecule is COCC[C@H]1CNC(=O)c2c1[nH]c(-c1ccncc1OC[C@@]1(C)CCO1)c2Nc1cccc(F)c1OC. The van der Waals surface area contributed by atoms with Crippen molar-refractivity contribution in [2.75, 3.05) is 45.9 Å². The van der Waals surface area contributed by atoms with E-state index in [-0.39, 0.29) is 23.2 Å². The monoisotopic (exact) mass is 510 g/mol. The smallest absolute Gasteiger partial charge is 0.255 e. The molecule has 0 radical (unpaired) electrons. The zero-order valence-corrected chi connectivity index (χ0v) is 21.2. The first-order chi connectivity index (χ1) is 17.9. The van der Waals surface area contributed by atoms with E-state index in [1.165, 1.54) is 13.2 Å². The van der Waals surface area contributed by atoms with Gasteiger partial charge in [0.25, 0.3) is 5.91 Å². The highest BCUT2D eigenvalue weighted by atomic mass is 19.1. The third-order valence-corrected chi connectivity index (χ3v) is 6.94. The fraction of sp³-hybridized carbons (Fsp3) is 0.407. The van der Waals surface area contributed by atoms with Crippen molar-refractivity contribution in [2.45, 2.75) is 31.3 Å². The highest BCUT2D eigenvalue weighted by Gasteiger charge is 2.36. The fourth-order valence-electron chi connectivity index (χ4n) is 4.75. The van der Waals surface area contributed by atoms with E-state index in [2.05, 4.69) is 20.6 Å². The minimum Gasteiger partial charge on any atom is -0.492 e. The van der Waals surface area contributed by atoms with Crippen molar-refractivity contribution < 1.29 is 28.1 Å². The molecule has 2 atom stereocenters. The highest BCUT2D eigenvalue weighted by Crippen LogP contribution is 2.44. The molecule has 3 N–H and O–H groups in total. The van der Waals surface area contributed by atoms with Crippen LogP contribution < -0.4 is 20.1 Å². The lowest BCUT2D eigenvalue weighted by atomic mass is 9.93. The number of para-hydroxylation sites is 1. The molecule has 10 heteroatoms. The Balaban J connectivity index is 1.62. The zero-order chi connectivity index (χ0) is 26.0. The summed E-state index contributed by atoms with van der Waals surface area (Å²) < 4.78 is 37.0. The van der Waals surface area contributed by atoms with Crippen LogP contribution in [0.3, 0.4) is 0 Å². The third-order valence-electron chi connectivity index (χ3n) is 6.94. The molecule has 2 aliphatic rings. The third kappa shape index (κ3) is 4.86. The van der Waals surface area contributed by atoms with E-state index >= 15 is 0 Å². The van der Waals surface area contributed by atoms with Crippen LogP contribution in [0.4, 0.5) is 15.8 Å². The van der Waals surface area contributed by atoms with Crippen LogP contribution in [0, 0.1) is 5.82 Å². The van der Waals surface area contributed by atoms with Crippen molar-refractivity contribution in [1.29, 1.82) is 0 Å². The van der Waals surface area contributed by atoms with Crippen molar-refractivity contribution in [1.82, 2.24) is 15.3 Å². The number of methoxy groups -OCH3 is 2. The van der Waals surface area contributed by atoms with Gasteiger partial charge in [0.15, 0.2) is 11.6 Å². The molecule has 196 valence electrons. The maximum Gasteiger partial charge on any atom is 0.255 e. The van der Waals surface area contributed by atoms with Crippen LogP contribution in [-0.4, -0.2) is 62.1 Å². The van der Waals surface area contributed by atoms with Gasteiger partial charge in [-0.15, -0.1) is 0 Å². The number of amides is 1. The van der Waals surface area contributed by atoms with Gasteiger partial charge in [0.2, 0.25) is 0 Å². The number of carbonyl (C=O) groups excluding carboxylic acids is 1. The van der Waals surface area contributed by atoms with Crippen LogP contribution in [0.5, 0.6) is 11.5 Å². The van der Waals surface area contributed by atoms with Gasteiger partial charge in [0.1, 0.15) is 18.0 Å². The highest BCUT2D eigenvalue weighted by molar-refractivity contribution is 6.07. The number of carbonyl (C=O) groups is 1. The molecule has 1 fully saturated rings. The standard InChI is InChI=1S/C27H31FN4O5/c1-27(9-12-37-27)15-36-20-14-29-10-7-17(20)23-24(31-19-6-4-5-18(28)25(19)35-3)21-22(32-23)16(8-11-34-2)13-30-26(21)33/h4-7,10,14,16,31-32H,8-9,11-13,15H2,1-3H3,(H,30,33)/t16-,27+/m0/s1. The molecule has 3 aromatic rings. The lowest BCUT2D eigenvalue weighted by Crippen LogP contribution is -2.45. The predicted octanol–water partition coefficient (Wildman–Crippen LogP) is 4.39. The molecule has 1 saturated heterocycles. The van der Waals surface area contributed by atoms with Gasteiger partial charge in [0, 0.05) is 50.1 Å². The second-order valence-electron chi connectivity index (χ2n) is 9.51. The Kier molecular flexibility index (Phi) is 7.03. The number of nitrogens with zero attached hydrogens (tertiary/aromatic N) is 1. The van der Waals surface area contributed by atoms with Gasteiger partial charge in [-0.2, -0.15) is 0 Å². The largest absolute Gasteiger partial charge is 0.492 e. The van der Waals surface area contributed by atoms with Gasteiger partial charge in [-0.05, 0) is 31.5 Å². The molecule has 2 aromatic heterocycles. The summed E-state index contributed by atoms with van der Waals surface area (Å²) in [7, 11) is 3.06. The predicted molar refractivity (Wildman–Crippen MR) is 136 cm³/mol. The number of nitrogens with one attached hydrogen (secondary N) is 3. The molecule has 0 bridgehead atoms. The first-order valence-electron chi connectivity index (χ1n) is 12.3. The molecule has 1 aromatic carbocycles. The summed E-state index contributed by atoms with van der Waals surface area (Å²) in [6, 6.07) is 6.43. The van der Waals surface area contributed by atoms with Crippen molar-refractivity contribution in [3.05, 3.63) is 53.7 Å². The molecule has 0 spiro atoms. The number of hydrogen-bond donors (Lipinski definition) is 3.